The predicted octanol–water partition coefficient (Wildman–Crippen LogP) is 4.86. The van der Waals surface area contributed by atoms with Gasteiger partial charge in [0, 0.05) is 23.4 Å². The van der Waals surface area contributed by atoms with Gasteiger partial charge in [0.05, 0.1) is 6.61 Å². The fourth-order valence-electron chi connectivity index (χ4n) is 2.39. The zero-order valence-electron chi connectivity index (χ0n) is 15.4. The van der Waals surface area contributed by atoms with E-state index in [-0.39, 0.29) is 11.8 Å². The van der Waals surface area contributed by atoms with E-state index in [1.807, 2.05) is 19.9 Å². The van der Waals surface area contributed by atoms with Crippen molar-refractivity contribution in [3.8, 4) is 5.75 Å². The molecule has 0 fully saturated rings. The minimum absolute atomic E-state index is 0.0175. The maximum absolute atomic E-state index is 12.5. The Labute approximate surface area is 154 Å². The zero-order chi connectivity index (χ0) is 18.8. The Morgan fingerprint density at radius 3 is 2.38 bits per heavy atom. The molecule has 0 saturated carbocycles. The van der Waals surface area contributed by atoms with Crippen LogP contribution in [0.5, 0.6) is 5.75 Å². The molecule has 0 spiro atoms. The first kappa shape index (κ1) is 19.5. The molecule has 5 heteroatoms. The topological polar surface area (TPSA) is 67.4 Å². The molecule has 0 bridgehead atoms. The van der Waals surface area contributed by atoms with Crippen molar-refractivity contribution in [1.29, 1.82) is 0 Å². The first-order chi connectivity index (χ1) is 12.6. The van der Waals surface area contributed by atoms with E-state index in [0.717, 1.165) is 19.3 Å². The maximum atomic E-state index is 12.5. The van der Waals surface area contributed by atoms with Crippen LogP contribution in [-0.4, -0.2) is 18.4 Å². The van der Waals surface area contributed by atoms with Crippen molar-refractivity contribution in [2.24, 2.45) is 0 Å². The van der Waals surface area contributed by atoms with E-state index in [2.05, 4.69) is 10.6 Å². The quantitative estimate of drug-likeness (QED) is 0.676. The molecule has 5 nitrogen and oxygen atoms in total. The molecule has 2 amide bonds. The van der Waals surface area contributed by atoms with Crippen LogP contribution >= 0.6 is 0 Å². The number of rotatable bonds is 9. The molecule has 0 saturated heterocycles. The van der Waals surface area contributed by atoms with Gasteiger partial charge in [0.2, 0.25) is 5.91 Å². The van der Waals surface area contributed by atoms with Gasteiger partial charge in [-0.2, -0.15) is 0 Å². The van der Waals surface area contributed by atoms with Crippen LogP contribution in [-0.2, 0) is 4.79 Å². The number of hydrogen-bond acceptors (Lipinski definition) is 3. The molecule has 2 N–H and O–H groups in total. The smallest absolute Gasteiger partial charge is 0.255 e. The fraction of sp³-hybridized carbons (Fsp3) is 0.333. The number of ether oxygens (including phenoxy) is 1. The first-order valence-corrected chi connectivity index (χ1v) is 9.06. The number of carbonyl (C=O) groups excluding carboxylic acids is 2. The van der Waals surface area contributed by atoms with Crippen LogP contribution in [0.3, 0.4) is 0 Å². The molecule has 0 radical (unpaired) electrons. The van der Waals surface area contributed by atoms with E-state index in [4.69, 9.17) is 4.74 Å². The number of carbonyl (C=O) groups is 2. The third-order valence-electron chi connectivity index (χ3n) is 3.73. The van der Waals surface area contributed by atoms with Crippen LogP contribution in [0.15, 0.2) is 48.5 Å². The summed E-state index contributed by atoms with van der Waals surface area (Å²) in [4.78, 5) is 24.3. The third kappa shape index (κ3) is 6.24. The maximum Gasteiger partial charge on any atom is 0.255 e. The Morgan fingerprint density at radius 1 is 0.923 bits per heavy atom. The van der Waals surface area contributed by atoms with Crippen molar-refractivity contribution in [2.45, 2.75) is 39.5 Å². The Bertz CT molecular complexity index is 744. The molecule has 2 rings (SSSR count). The minimum Gasteiger partial charge on any atom is -0.494 e. The predicted molar refractivity (Wildman–Crippen MR) is 105 cm³/mol. The molecule has 138 valence electrons. The van der Waals surface area contributed by atoms with Gasteiger partial charge in [-0.1, -0.05) is 32.4 Å². The average molecular weight is 354 g/mol. The molecule has 0 aromatic heterocycles. The van der Waals surface area contributed by atoms with Gasteiger partial charge in [0.1, 0.15) is 5.75 Å². The summed E-state index contributed by atoms with van der Waals surface area (Å²) in [7, 11) is 0. The van der Waals surface area contributed by atoms with Crippen molar-refractivity contribution in [1.82, 2.24) is 0 Å². The van der Waals surface area contributed by atoms with E-state index in [0.29, 0.717) is 35.7 Å². The lowest BCUT2D eigenvalue weighted by Crippen LogP contribution is -2.13. The van der Waals surface area contributed by atoms with Gasteiger partial charge in [-0.05, 0) is 49.2 Å². The molecular formula is C21H26N2O3. The van der Waals surface area contributed by atoms with Gasteiger partial charge >= 0.3 is 0 Å². The normalized spacial score (nSPS) is 10.2. The largest absolute Gasteiger partial charge is 0.494 e. The number of benzene rings is 2. The van der Waals surface area contributed by atoms with Crippen molar-refractivity contribution in [2.75, 3.05) is 17.2 Å². The molecule has 0 heterocycles. The lowest BCUT2D eigenvalue weighted by atomic mass is 10.2. The standard InChI is InChI=1S/C21H26N2O3/c1-3-5-12-20(24)22-17-9-7-10-18(15-17)23-21(25)16-8-6-11-19(14-16)26-13-4-2/h6-11,14-15H,3-5,12-13H2,1-2H3,(H,22,24)(H,23,25). The number of unbranched alkanes of at least 4 members (excludes halogenated alkanes) is 1. The van der Waals surface area contributed by atoms with Gasteiger partial charge in [-0.3, -0.25) is 9.59 Å². The monoisotopic (exact) mass is 354 g/mol. The summed E-state index contributed by atoms with van der Waals surface area (Å²) in [6.07, 6.45) is 3.24. The summed E-state index contributed by atoms with van der Waals surface area (Å²) >= 11 is 0. The molecule has 0 aliphatic heterocycles. The minimum atomic E-state index is -0.221. The first-order valence-electron chi connectivity index (χ1n) is 9.06. The van der Waals surface area contributed by atoms with Gasteiger partial charge in [0.25, 0.3) is 5.91 Å². The number of nitrogens with one attached hydrogen (secondary N) is 2. The molecule has 0 atom stereocenters. The van der Waals surface area contributed by atoms with Gasteiger partial charge < -0.3 is 15.4 Å². The lowest BCUT2D eigenvalue weighted by molar-refractivity contribution is -0.116. The van der Waals surface area contributed by atoms with Crippen molar-refractivity contribution < 1.29 is 14.3 Å². The van der Waals surface area contributed by atoms with E-state index >= 15 is 0 Å². The summed E-state index contributed by atoms with van der Waals surface area (Å²) in [5.41, 5.74) is 1.82. The second-order valence-electron chi connectivity index (χ2n) is 6.06. The van der Waals surface area contributed by atoms with Crippen LogP contribution in [0, 0.1) is 0 Å². The SMILES string of the molecule is CCCCC(=O)Nc1cccc(NC(=O)c2cccc(OCCC)c2)c1. The van der Waals surface area contributed by atoms with Crippen LogP contribution in [0.2, 0.25) is 0 Å². The highest BCUT2D eigenvalue weighted by molar-refractivity contribution is 6.05. The van der Waals surface area contributed by atoms with E-state index in [1.54, 1.807) is 42.5 Å². The Balaban J connectivity index is 2.00. The molecule has 2 aromatic rings. The number of amides is 2. The molecule has 2 aromatic carbocycles. The third-order valence-corrected chi connectivity index (χ3v) is 3.73. The van der Waals surface area contributed by atoms with Crippen molar-refractivity contribution in [3.63, 3.8) is 0 Å². The molecule has 26 heavy (non-hydrogen) atoms. The second-order valence-corrected chi connectivity index (χ2v) is 6.06. The highest BCUT2D eigenvalue weighted by Gasteiger charge is 2.08. The summed E-state index contributed by atoms with van der Waals surface area (Å²) in [5.74, 6) is 0.439. The van der Waals surface area contributed by atoms with E-state index < -0.39 is 0 Å². The number of hydrogen-bond donors (Lipinski definition) is 2. The van der Waals surface area contributed by atoms with Crippen LogP contribution in [0.1, 0.15) is 49.9 Å². The highest BCUT2D eigenvalue weighted by Crippen LogP contribution is 2.18. The zero-order valence-corrected chi connectivity index (χ0v) is 15.4. The Morgan fingerprint density at radius 2 is 1.65 bits per heavy atom. The Kier molecular flexibility index (Phi) is 7.68. The fourth-order valence-corrected chi connectivity index (χ4v) is 2.39. The Hall–Kier alpha value is -2.82. The molecule has 0 aliphatic rings. The summed E-state index contributed by atoms with van der Waals surface area (Å²) < 4.78 is 5.56. The van der Waals surface area contributed by atoms with Gasteiger partial charge in [0.15, 0.2) is 0 Å². The molecular weight excluding hydrogens is 328 g/mol. The molecule has 0 aliphatic carbocycles. The molecule has 0 unspecified atom stereocenters. The van der Waals surface area contributed by atoms with Crippen molar-refractivity contribution in [3.05, 3.63) is 54.1 Å². The highest BCUT2D eigenvalue weighted by atomic mass is 16.5. The average Bonchev–Trinajstić information content (AvgIpc) is 2.65. The van der Waals surface area contributed by atoms with Gasteiger partial charge in [-0.25, -0.2) is 0 Å². The van der Waals surface area contributed by atoms with Gasteiger partial charge in [-0.15, -0.1) is 0 Å². The van der Waals surface area contributed by atoms with Crippen LogP contribution in [0.4, 0.5) is 11.4 Å². The van der Waals surface area contributed by atoms with E-state index in [1.165, 1.54) is 0 Å². The van der Waals surface area contributed by atoms with E-state index in [9.17, 15) is 9.59 Å². The summed E-state index contributed by atoms with van der Waals surface area (Å²) in [6.45, 7) is 4.70. The number of anilines is 2. The lowest BCUT2D eigenvalue weighted by Gasteiger charge is -2.10. The van der Waals surface area contributed by atoms with Crippen LogP contribution in [0.25, 0.3) is 0 Å². The van der Waals surface area contributed by atoms with Crippen LogP contribution < -0.4 is 15.4 Å². The van der Waals surface area contributed by atoms with Crippen molar-refractivity contribution >= 4 is 23.2 Å². The summed E-state index contributed by atoms with van der Waals surface area (Å²) in [5, 5.41) is 5.70. The second kappa shape index (κ2) is 10.2. The summed E-state index contributed by atoms with van der Waals surface area (Å²) in [6, 6.07) is 14.2.